The zero-order valence-corrected chi connectivity index (χ0v) is 11.4. The molecule has 1 heterocycles. The first kappa shape index (κ1) is 13.7. The Bertz CT molecular complexity index is 446. The lowest BCUT2D eigenvalue weighted by atomic mass is 10.1. The molecule has 0 saturated carbocycles. The highest BCUT2D eigenvalue weighted by molar-refractivity contribution is 7.99. The number of rotatable bonds is 3. The van der Waals surface area contributed by atoms with Crippen LogP contribution in [0.25, 0.3) is 0 Å². The number of nitrogens with one attached hydrogen (secondary N) is 1. The van der Waals surface area contributed by atoms with Gasteiger partial charge in [0.2, 0.25) is 5.91 Å². The van der Waals surface area contributed by atoms with Crippen LogP contribution in [-0.4, -0.2) is 41.4 Å². The Kier molecular flexibility index (Phi) is 4.68. The summed E-state index contributed by atoms with van der Waals surface area (Å²) in [6, 6.07) is 8.04. The van der Waals surface area contributed by atoms with Crippen molar-refractivity contribution < 1.29 is 9.59 Å². The smallest absolute Gasteiger partial charge is 0.318 e. The quantitative estimate of drug-likeness (QED) is 0.865. The van der Waals surface area contributed by atoms with Gasteiger partial charge in [0.1, 0.15) is 6.04 Å². The number of benzene rings is 1. The summed E-state index contributed by atoms with van der Waals surface area (Å²) >= 11 is 1.82. The summed E-state index contributed by atoms with van der Waals surface area (Å²) in [4.78, 5) is 25.3. The number of hydrogen-bond donors (Lipinski definition) is 2. The molecule has 1 aliphatic rings. The molecule has 1 atom stereocenters. The van der Waals surface area contributed by atoms with E-state index in [4.69, 9.17) is 5.73 Å². The van der Waals surface area contributed by atoms with E-state index in [1.165, 1.54) is 0 Å². The minimum Gasteiger partial charge on any atom is -0.368 e. The number of carbonyl (C=O) groups is 2. The van der Waals surface area contributed by atoms with Crippen LogP contribution in [0.4, 0.5) is 4.79 Å². The molecule has 19 heavy (non-hydrogen) atoms. The van der Waals surface area contributed by atoms with E-state index in [1.807, 2.05) is 30.0 Å². The van der Waals surface area contributed by atoms with Crippen molar-refractivity contribution in [2.24, 2.45) is 5.73 Å². The first-order chi connectivity index (χ1) is 9.18. The average Bonchev–Trinajstić information content (AvgIpc) is 2.46. The van der Waals surface area contributed by atoms with E-state index in [0.717, 1.165) is 11.5 Å². The molecule has 2 rings (SSSR count). The van der Waals surface area contributed by atoms with Gasteiger partial charge in [0.25, 0.3) is 0 Å². The molecule has 0 spiro atoms. The molecule has 6 heteroatoms. The number of hydrogen-bond acceptors (Lipinski definition) is 3. The molecule has 1 unspecified atom stereocenters. The summed E-state index contributed by atoms with van der Waals surface area (Å²) in [5.41, 5.74) is 6.07. The molecule has 1 aromatic carbocycles. The van der Waals surface area contributed by atoms with Crippen LogP contribution in [-0.2, 0) is 4.79 Å². The second-order valence-electron chi connectivity index (χ2n) is 4.29. The molecule has 0 radical (unpaired) electrons. The third-order valence-corrected chi connectivity index (χ3v) is 3.93. The number of thioether (sulfide) groups is 1. The fourth-order valence-corrected chi connectivity index (χ4v) is 2.85. The Balaban J connectivity index is 2.04. The van der Waals surface area contributed by atoms with Gasteiger partial charge in [0.05, 0.1) is 0 Å². The van der Waals surface area contributed by atoms with Gasteiger partial charge in [-0.3, -0.25) is 4.79 Å². The van der Waals surface area contributed by atoms with Crippen LogP contribution >= 0.6 is 11.8 Å². The maximum absolute atomic E-state index is 12.1. The van der Waals surface area contributed by atoms with Crippen LogP contribution in [0.15, 0.2) is 30.3 Å². The molecule has 1 fully saturated rings. The molecule has 5 nitrogen and oxygen atoms in total. The summed E-state index contributed by atoms with van der Waals surface area (Å²) in [6.07, 6.45) is 0. The maximum atomic E-state index is 12.1. The van der Waals surface area contributed by atoms with Crippen LogP contribution in [0.2, 0.25) is 0 Å². The monoisotopic (exact) mass is 279 g/mol. The van der Waals surface area contributed by atoms with Crippen molar-refractivity contribution >= 4 is 23.7 Å². The molecular weight excluding hydrogens is 262 g/mol. The Morgan fingerprint density at radius 2 is 1.84 bits per heavy atom. The lowest BCUT2D eigenvalue weighted by Crippen LogP contribution is -2.48. The van der Waals surface area contributed by atoms with Gasteiger partial charge in [0.15, 0.2) is 0 Å². The first-order valence-corrected chi connectivity index (χ1v) is 7.31. The van der Waals surface area contributed by atoms with E-state index in [0.29, 0.717) is 18.7 Å². The van der Waals surface area contributed by atoms with Crippen molar-refractivity contribution in [3.05, 3.63) is 35.9 Å². The third-order valence-electron chi connectivity index (χ3n) is 2.98. The molecular formula is C13H17N3O2S. The molecule has 1 aliphatic heterocycles. The van der Waals surface area contributed by atoms with Crippen LogP contribution in [0.3, 0.4) is 0 Å². The average molecular weight is 279 g/mol. The van der Waals surface area contributed by atoms with Crippen molar-refractivity contribution in [1.29, 1.82) is 0 Å². The highest BCUT2D eigenvalue weighted by Gasteiger charge is 2.24. The number of nitrogens with two attached hydrogens (primary N) is 1. The predicted molar refractivity (Wildman–Crippen MR) is 75.8 cm³/mol. The number of nitrogens with zero attached hydrogens (tertiary/aromatic N) is 1. The van der Waals surface area contributed by atoms with Crippen LogP contribution in [0.5, 0.6) is 0 Å². The zero-order chi connectivity index (χ0) is 13.7. The maximum Gasteiger partial charge on any atom is 0.318 e. The SMILES string of the molecule is NC(=O)C(NC(=O)N1CCSCC1)c1ccccc1. The van der Waals surface area contributed by atoms with Crippen molar-refractivity contribution in [3.63, 3.8) is 0 Å². The summed E-state index contributed by atoms with van der Waals surface area (Å²) in [7, 11) is 0. The summed E-state index contributed by atoms with van der Waals surface area (Å²) in [5.74, 6) is 1.31. The van der Waals surface area contributed by atoms with E-state index in [9.17, 15) is 9.59 Å². The van der Waals surface area contributed by atoms with Crippen LogP contribution < -0.4 is 11.1 Å². The molecule has 1 saturated heterocycles. The molecule has 3 amide bonds. The first-order valence-electron chi connectivity index (χ1n) is 6.16. The van der Waals surface area contributed by atoms with Crippen molar-refractivity contribution in [2.75, 3.05) is 24.6 Å². The largest absolute Gasteiger partial charge is 0.368 e. The number of carbonyl (C=O) groups excluding carboxylic acids is 2. The fourth-order valence-electron chi connectivity index (χ4n) is 1.95. The molecule has 3 N–H and O–H groups in total. The van der Waals surface area contributed by atoms with Crippen molar-refractivity contribution in [2.45, 2.75) is 6.04 Å². The highest BCUT2D eigenvalue weighted by atomic mass is 32.2. The van der Waals surface area contributed by atoms with Crippen LogP contribution in [0, 0.1) is 0 Å². The van der Waals surface area contributed by atoms with Gasteiger partial charge < -0.3 is 16.0 Å². The minimum absolute atomic E-state index is 0.229. The lowest BCUT2D eigenvalue weighted by Gasteiger charge is -2.28. The molecule has 0 aromatic heterocycles. The van der Waals surface area contributed by atoms with Crippen molar-refractivity contribution in [1.82, 2.24) is 10.2 Å². The van der Waals surface area contributed by atoms with Gasteiger partial charge in [0, 0.05) is 24.6 Å². The fraction of sp³-hybridized carbons (Fsp3) is 0.385. The minimum atomic E-state index is -0.775. The summed E-state index contributed by atoms with van der Waals surface area (Å²) in [5, 5.41) is 2.71. The molecule has 1 aromatic rings. The Morgan fingerprint density at radius 3 is 2.42 bits per heavy atom. The second-order valence-corrected chi connectivity index (χ2v) is 5.52. The van der Waals surface area contributed by atoms with Gasteiger partial charge in [-0.05, 0) is 5.56 Å². The number of urea groups is 1. The molecule has 0 aliphatic carbocycles. The number of primary amides is 1. The Hall–Kier alpha value is -1.69. The molecule has 0 bridgehead atoms. The van der Waals surface area contributed by atoms with Gasteiger partial charge in [-0.15, -0.1) is 0 Å². The predicted octanol–water partition coefficient (Wildman–Crippen LogP) is 0.971. The topological polar surface area (TPSA) is 75.4 Å². The van der Waals surface area contributed by atoms with E-state index < -0.39 is 11.9 Å². The highest BCUT2D eigenvalue weighted by Crippen LogP contribution is 2.14. The van der Waals surface area contributed by atoms with Crippen molar-refractivity contribution in [3.8, 4) is 0 Å². The van der Waals surface area contributed by atoms with E-state index >= 15 is 0 Å². The third kappa shape index (κ3) is 3.64. The lowest BCUT2D eigenvalue weighted by molar-refractivity contribution is -0.120. The molecule has 102 valence electrons. The summed E-state index contributed by atoms with van der Waals surface area (Å²) < 4.78 is 0. The standard InChI is InChI=1S/C13H17N3O2S/c14-12(17)11(10-4-2-1-3-5-10)15-13(18)16-6-8-19-9-7-16/h1-5,11H,6-9H2,(H2,14,17)(H,15,18). The Labute approximate surface area is 116 Å². The summed E-state index contributed by atoms with van der Waals surface area (Å²) in [6.45, 7) is 1.41. The Morgan fingerprint density at radius 1 is 1.21 bits per heavy atom. The van der Waals surface area contributed by atoms with Gasteiger partial charge in [-0.2, -0.15) is 11.8 Å². The number of amides is 3. The second kappa shape index (κ2) is 6.47. The van der Waals surface area contributed by atoms with E-state index in [-0.39, 0.29) is 6.03 Å². The normalized spacial score (nSPS) is 16.7. The zero-order valence-electron chi connectivity index (χ0n) is 10.5. The van der Waals surface area contributed by atoms with Gasteiger partial charge >= 0.3 is 6.03 Å². The van der Waals surface area contributed by atoms with E-state index in [1.54, 1.807) is 17.0 Å². The van der Waals surface area contributed by atoms with E-state index in [2.05, 4.69) is 5.32 Å². The van der Waals surface area contributed by atoms with Gasteiger partial charge in [-0.1, -0.05) is 30.3 Å². The van der Waals surface area contributed by atoms with Gasteiger partial charge in [-0.25, -0.2) is 4.79 Å². The van der Waals surface area contributed by atoms with Crippen LogP contribution in [0.1, 0.15) is 11.6 Å².